The summed E-state index contributed by atoms with van der Waals surface area (Å²) in [5.41, 5.74) is 1.38. The second-order valence-electron chi connectivity index (χ2n) is 2.90. The molecule has 13 heavy (non-hydrogen) atoms. The molecule has 0 saturated carbocycles. The Morgan fingerprint density at radius 2 is 2.00 bits per heavy atom. The minimum Gasteiger partial charge on any atom is -0.153 e. The van der Waals surface area contributed by atoms with E-state index in [0.717, 1.165) is 11.6 Å². The Bertz CT molecular complexity index is 248. The number of halogens is 2. The average molecular weight is 327 g/mol. The van der Waals surface area contributed by atoms with Crippen LogP contribution in [-0.2, 0) is 5.75 Å². The predicted octanol–water partition coefficient (Wildman–Crippen LogP) is 4.15. The van der Waals surface area contributed by atoms with Gasteiger partial charge in [0.2, 0.25) is 0 Å². The van der Waals surface area contributed by atoms with E-state index in [1.54, 1.807) is 0 Å². The van der Waals surface area contributed by atoms with Gasteiger partial charge in [-0.05, 0) is 40.3 Å². The lowest BCUT2D eigenvalue weighted by Crippen LogP contribution is -1.97. The average Bonchev–Trinajstić information content (AvgIpc) is 2.16. The van der Waals surface area contributed by atoms with Gasteiger partial charge in [0.1, 0.15) is 0 Å². The predicted molar refractivity (Wildman–Crippen MR) is 70.6 cm³/mol. The van der Waals surface area contributed by atoms with Crippen LogP contribution in [0.3, 0.4) is 0 Å². The van der Waals surface area contributed by atoms with Gasteiger partial charge in [-0.2, -0.15) is 11.8 Å². The molecular formula is C10H12ClIS. The summed E-state index contributed by atoms with van der Waals surface area (Å²) < 4.78 is 1.29. The highest BCUT2D eigenvalue weighted by Gasteiger charge is 2.00. The molecule has 0 aliphatic rings. The summed E-state index contributed by atoms with van der Waals surface area (Å²) >= 11 is 9.94. The topological polar surface area (TPSA) is 0 Å². The quantitative estimate of drug-likeness (QED) is 0.591. The van der Waals surface area contributed by atoms with Gasteiger partial charge in [-0.3, -0.25) is 0 Å². The van der Waals surface area contributed by atoms with E-state index in [9.17, 15) is 0 Å². The number of alkyl halides is 1. The zero-order valence-corrected chi connectivity index (χ0v) is 11.2. The molecule has 0 N–H and O–H groups in total. The SMILES string of the molecule is CC(CCl)SCc1ccc(I)cc1. The maximum Gasteiger partial charge on any atom is 0.0340 e. The third-order valence-electron chi connectivity index (χ3n) is 1.67. The Morgan fingerprint density at radius 3 is 2.54 bits per heavy atom. The molecule has 1 atom stereocenters. The van der Waals surface area contributed by atoms with Crippen molar-refractivity contribution in [2.24, 2.45) is 0 Å². The normalized spacial score (nSPS) is 12.8. The molecular weight excluding hydrogens is 315 g/mol. The molecule has 0 saturated heterocycles. The zero-order chi connectivity index (χ0) is 9.68. The van der Waals surface area contributed by atoms with E-state index < -0.39 is 0 Å². The number of hydrogen-bond acceptors (Lipinski definition) is 1. The van der Waals surface area contributed by atoms with Crippen LogP contribution in [0.1, 0.15) is 12.5 Å². The van der Waals surface area contributed by atoms with Crippen LogP contribution in [0.2, 0.25) is 0 Å². The lowest BCUT2D eigenvalue weighted by Gasteiger charge is -2.06. The van der Waals surface area contributed by atoms with Crippen molar-refractivity contribution >= 4 is 46.0 Å². The number of hydrogen-bond donors (Lipinski definition) is 0. The van der Waals surface area contributed by atoms with E-state index >= 15 is 0 Å². The summed E-state index contributed by atoms with van der Waals surface area (Å²) in [5, 5.41) is 0.543. The van der Waals surface area contributed by atoms with E-state index in [1.807, 2.05) is 11.8 Å². The van der Waals surface area contributed by atoms with Gasteiger partial charge in [-0.15, -0.1) is 11.6 Å². The van der Waals surface area contributed by atoms with E-state index in [4.69, 9.17) is 11.6 Å². The Kier molecular flexibility index (Phi) is 5.51. The highest BCUT2D eigenvalue weighted by Crippen LogP contribution is 2.19. The molecule has 0 fully saturated rings. The van der Waals surface area contributed by atoms with Crippen LogP contribution in [0.25, 0.3) is 0 Å². The largest absolute Gasteiger partial charge is 0.153 e. The van der Waals surface area contributed by atoms with Crippen LogP contribution in [0, 0.1) is 3.57 Å². The minimum atomic E-state index is 0.543. The zero-order valence-electron chi connectivity index (χ0n) is 7.47. The summed E-state index contributed by atoms with van der Waals surface area (Å²) in [4.78, 5) is 0. The van der Waals surface area contributed by atoms with Crippen LogP contribution >= 0.6 is 46.0 Å². The molecule has 0 nitrogen and oxygen atoms in total. The Labute approximate surface area is 103 Å². The van der Waals surface area contributed by atoms with E-state index in [2.05, 4.69) is 53.8 Å². The van der Waals surface area contributed by atoms with Crippen LogP contribution in [-0.4, -0.2) is 11.1 Å². The summed E-state index contributed by atoms with van der Waals surface area (Å²) in [7, 11) is 0. The van der Waals surface area contributed by atoms with Crippen LogP contribution in [0.15, 0.2) is 24.3 Å². The molecule has 0 aliphatic carbocycles. The van der Waals surface area contributed by atoms with Gasteiger partial charge in [0.15, 0.2) is 0 Å². The Hall–Kier alpha value is 0.590. The van der Waals surface area contributed by atoms with Gasteiger partial charge in [-0.25, -0.2) is 0 Å². The van der Waals surface area contributed by atoms with Crippen molar-refractivity contribution in [1.29, 1.82) is 0 Å². The van der Waals surface area contributed by atoms with Crippen LogP contribution < -0.4 is 0 Å². The van der Waals surface area contributed by atoms with E-state index in [-0.39, 0.29) is 0 Å². The maximum absolute atomic E-state index is 5.72. The monoisotopic (exact) mass is 326 g/mol. The van der Waals surface area contributed by atoms with Crippen molar-refractivity contribution in [3.8, 4) is 0 Å². The fourth-order valence-corrected chi connectivity index (χ4v) is 2.25. The molecule has 0 amide bonds. The van der Waals surface area contributed by atoms with Crippen molar-refractivity contribution in [2.75, 3.05) is 5.88 Å². The van der Waals surface area contributed by atoms with Crippen LogP contribution in [0.4, 0.5) is 0 Å². The first kappa shape index (κ1) is 11.7. The summed E-state index contributed by atoms with van der Waals surface area (Å²) in [5.74, 6) is 1.79. The second kappa shape index (κ2) is 6.14. The number of thioether (sulfide) groups is 1. The second-order valence-corrected chi connectivity index (χ2v) is 5.88. The standard InChI is InChI=1S/C10H12ClIS/c1-8(6-11)13-7-9-2-4-10(12)5-3-9/h2-5,8H,6-7H2,1H3. The molecule has 0 heterocycles. The molecule has 0 radical (unpaired) electrons. The highest BCUT2D eigenvalue weighted by molar-refractivity contribution is 14.1. The Morgan fingerprint density at radius 1 is 1.38 bits per heavy atom. The fraction of sp³-hybridized carbons (Fsp3) is 0.400. The molecule has 0 spiro atoms. The molecule has 0 bridgehead atoms. The first-order chi connectivity index (χ1) is 6.22. The van der Waals surface area contributed by atoms with Crippen molar-refractivity contribution in [1.82, 2.24) is 0 Å². The number of benzene rings is 1. The third-order valence-corrected chi connectivity index (χ3v) is 4.27. The maximum atomic E-state index is 5.72. The van der Waals surface area contributed by atoms with Crippen molar-refractivity contribution in [3.05, 3.63) is 33.4 Å². The first-order valence-electron chi connectivity index (χ1n) is 4.14. The van der Waals surface area contributed by atoms with Gasteiger partial charge in [0, 0.05) is 20.5 Å². The van der Waals surface area contributed by atoms with E-state index in [1.165, 1.54) is 9.13 Å². The summed E-state index contributed by atoms with van der Waals surface area (Å²) in [6.45, 7) is 2.16. The molecule has 0 aliphatic heterocycles. The van der Waals surface area contributed by atoms with Crippen molar-refractivity contribution in [3.63, 3.8) is 0 Å². The molecule has 3 heteroatoms. The highest BCUT2D eigenvalue weighted by atomic mass is 127. The molecule has 1 rings (SSSR count). The van der Waals surface area contributed by atoms with Crippen molar-refractivity contribution < 1.29 is 0 Å². The van der Waals surface area contributed by atoms with Gasteiger partial charge in [0.25, 0.3) is 0 Å². The van der Waals surface area contributed by atoms with E-state index in [0.29, 0.717) is 5.25 Å². The van der Waals surface area contributed by atoms with Crippen molar-refractivity contribution in [2.45, 2.75) is 17.9 Å². The minimum absolute atomic E-state index is 0.543. The third kappa shape index (κ3) is 4.56. The lowest BCUT2D eigenvalue weighted by atomic mass is 10.2. The summed E-state index contributed by atoms with van der Waals surface area (Å²) in [6, 6.07) is 8.63. The van der Waals surface area contributed by atoms with Crippen LogP contribution in [0.5, 0.6) is 0 Å². The molecule has 72 valence electrons. The smallest absolute Gasteiger partial charge is 0.0340 e. The molecule has 1 unspecified atom stereocenters. The lowest BCUT2D eigenvalue weighted by molar-refractivity contribution is 1.12. The van der Waals surface area contributed by atoms with Gasteiger partial charge >= 0.3 is 0 Å². The number of rotatable bonds is 4. The summed E-state index contributed by atoms with van der Waals surface area (Å²) in [6.07, 6.45) is 0. The molecule has 0 aromatic heterocycles. The Balaban J connectivity index is 2.41. The molecule has 1 aromatic rings. The first-order valence-corrected chi connectivity index (χ1v) is 6.80. The van der Waals surface area contributed by atoms with Gasteiger partial charge in [-0.1, -0.05) is 19.1 Å². The molecule has 1 aromatic carbocycles. The van der Waals surface area contributed by atoms with Gasteiger partial charge < -0.3 is 0 Å². The fourth-order valence-electron chi connectivity index (χ4n) is 0.864. The van der Waals surface area contributed by atoms with Gasteiger partial charge in [0.05, 0.1) is 0 Å².